The van der Waals surface area contributed by atoms with Crippen molar-refractivity contribution in [2.24, 2.45) is 11.3 Å². The van der Waals surface area contributed by atoms with E-state index < -0.39 is 0 Å². The molecular weight excluding hydrogens is 190 g/mol. The number of rotatable bonds is 5. The zero-order valence-corrected chi connectivity index (χ0v) is 9.40. The fourth-order valence-corrected chi connectivity index (χ4v) is 1.95. The first-order valence-electron chi connectivity index (χ1n) is 5.52. The van der Waals surface area contributed by atoms with Crippen molar-refractivity contribution in [2.45, 2.75) is 45.7 Å². The number of hydrazine groups is 1. The van der Waals surface area contributed by atoms with Gasteiger partial charge in [-0.1, -0.05) is 6.92 Å². The fourth-order valence-electron chi connectivity index (χ4n) is 1.95. The molecule has 0 saturated heterocycles. The average molecular weight is 209 g/mol. The maximum atomic E-state index is 5.60. The highest BCUT2D eigenvalue weighted by Crippen LogP contribution is 2.48. The Balaban J connectivity index is 2.06. The lowest BCUT2D eigenvalue weighted by Crippen LogP contribution is -2.43. The number of nitrogens with zero attached hydrogens (tertiary/aromatic N) is 3. The van der Waals surface area contributed by atoms with Crippen LogP contribution in [-0.4, -0.2) is 20.8 Å². The van der Waals surface area contributed by atoms with Crippen LogP contribution in [0.15, 0.2) is 6.33 Å². The van der Waals surface area contributed by atoms with Crippen molar-refractivity contribution in [3.05, 3.63) is 12.2 Å². The van der Waals surface area contributed by atoms with E-state index in [2.05, 4.69) is 29.4 Å². The van der Waals surface area contributed by atoms with Crippen molar-refractivity contribution in [1.29, 1.82) is 0 Å². The topological polar surface area (TPSA) is 68.8 Å². The maximum Gasteiger partial charge on any atom is 0.138 e. The molecule has 5 nitrogen and oxygen atoms in total. The number of nitrogens with one attached hydrogen (secondary N) is 1. The summed E-state index contributed by atoms with van der Waals surface area (Å²) in [6.45, 7) is 5.20. The lowest BCUT2D eigenvalue weighted by molar-refractivity contribution is 0.349. The Kier molecular flexibility index (Phi) is 2.75. The lowest BCUT2D eigenvalue weighted by Gasteiger charge is -2.22. The smallest absolute Gasteiger partial charge is 0.138 e. The van der Waals surface area contributed by atoms with Crippen LogP contribution in [0.1, 0.15) is 32.5 Å². The normalized spacial score (nSPS) is 20.2. The van der Waals surface area contributed by atoms with E-state index in [0.29, 0.717) is 11.5 Å². The Bertz CT molecular complexity index is 328. The van der Waals surface area contributed by atoms with Gasteiger partial charge in [0.25, 0.3) is 0 Å². The van der Waals surface area contributed by atoms with Crippen molar-refractivity contribution >= 4 is 0 Å². The van der Waals surface area contributed by atoms with Crippen molar-refractivity contribution in [3.8, 4) is 0 Å². The van der Waals surface area contributed by atoms with Gasteiger partial charge in [0, 0.05) is 19.0 Å². The molecule has 1 aliphatic rings. The molecule has 1 aromatic rings. The zero-order chi connectivity index (χ0) is 10.9. The Hall–Kier alpha value is -0.940. The van der Waals surface area contributed by atoms with Crippen LogP contribution in [0.25, 0.3) is 0 Å². The van der Waals surface area contributed by atoms with E-state index in [0.717, 1.165) is 18.8 Å². The van der Waals surface area contributed by atoms with Crippen LogP contribution in [0.2, 0.25) is 0 Å². The minimum absolute atomic E-state index is 0.312. The second kappa shape index (κ2) is 3.90. The number of aromatic nitrogens is 3. The fraction of sp³-hybridized carbons (Fsp3) is 0.800. The van der Waals surface area contributed by atoms with E-state index in [1.807, 2.05) is 4.68 Å². The third-order valence-corrected chi connectivity index (χ3v) is 3.46. The number of aryl methyl sites for hydroxylation is 1. The Labute approximate surface area is 90.0 Å². The summed E-state index contributed by atoms with van der Waals surface area (Å²) in [7, 11) is 0. The van der Waals surface area contributed by atoms with E-state index in [-0.39, 0.29) is 0 Å². The molecule has 5 heteroatoms. The van der Waals surface area contributed by atoms with Gasteiger partial charge in [-0.3, -0.25) is 16.0 Å². The van der Waals surface area contributed by atoms with Crippen LogP contribution in [0.3, 0.4) is 0 Å². The van der Waals surface area contributed by atoms with Crippen LogP contribution in [-0.2, 0) is 13.0 Å². The molecule has 1 unspecified atom stereocenters. The molecule has 0 spiro atoms. The van der Waals surface area contributed by atoms with Gasteiger partial charge in [0.05, 0.1) is 0 Å². The molecule has 2 rings (SSSR count). The molecule has 1 saturated carbocycles. The Morgan fingerprint density at radius 2 is 2.40 bits per heavy atom. The van der Waals surface area contributed by atoms with Gasteiger partial charge in [-0.15, -0.1) is 0 Å². The van der Waals surface area contributed by atoms with Crippen molar-refractivity contribution in [2.75, 3.05) is 0 Å². The van der Waals surface area contributed by atoms with E-state index in [9.17, 15) is 0 Å². The number of hydrogen-bond acceptors (Lipinski definition) is 4. The molecule has 84 valence electrons. The highest BCUT2D eigenvalue weighted by atomic mass is 15.3. The minimum Gasteiger partial charge on any atom is -0.271 e. The first-order chi connectivity index (χ1) is 7.19. The molecule has 0 amide bonds. The lowest BCUT2D eigenvalue weighted by atomic mass is 9.96. The Morgan fingerprint density at radius 3 is 2.93 bits per heavy atom. The van der Waals surface area contributed by atoms with Gasteiger partial charge >= 0.3 is 0 Å². The molecule has 1 fully saturated rings. The summed E-state index contributed by atoms with van der Waals surface area (Å²) in [5.41, 5.74) is 3.27. The highest BCUT2D eigenvalue weighted by Gasteiger charge is 2.44. The van der Waals surface area contributed by atoms with Gasteiger partial charge in [-0.2, -0.15) is 5.10 Å². The SMILES string of the molecule is CCn1ncnc1CC(NN)C1(C)CC1. The summed E-state index contributed by atoms with van der Waals surface area (Å²) < 4.78 is 1.93. The second-order valence-electron chi connectivity index (χ2n) is 4.57. The summed E-state index contributed by atoms with van der Waals surface area (Å²) in [5, 5.41) is 4.16. The number of hydrogen-bond donors (Lipinski definition) is 2. The predicted molar refractivity (Wildman–Crippen MR) is 57.9 cm³/mol. The standard InChI is InChI=1S/C10H19N5/c1-3-15-9(12-7-13-15)6-8(14-11)10(2)4-5-10/h7-8,14H,3-6,11H2,1-2H3. The molecular formula is C10H19N5. The van der Waals surface area contributed by atoms with E-state index in [4.69, 9.17) is 5.84 Å². The summed E-state index contributed by atoms with van der Waals surface area (Å²) in [6, 6.07) is 0.312. The van der Waals surface area contributed by atoms with Gasteiger partial charge in [0.15, 0.2) is 0 Å². The molecule has 0 aliphatic heterocycles. The van der Waals surface area contributed by atoms with Crippen LogP contribution < -0.4 is 11.3 Å². The van der Waals surface area contributed by atoms with Gasteiger partial charge < -0.3 is 0 Å². The third kappa shape index (κ3) is 2.03. The molecule has 1 heterocycles. The largest absolute Gasteiger partial charge is 0.271 e. The van der Waals surface area contributed by atoms with Gasteiger partial charge in [0.2, 0.25) is 0 Å². The van der Waals surface area contributed by atoms with Gasteiger partial charge in [0.1, 0.15) is 12.2 Å². The molecule has 1 aliphatic carbocycles. The first kappa shape index (κ1) is 10.6. The van der Waals surface area contributed by atoms with Crippen molar-refractivity contribution in [1.82, 2.24) is 20.2 Å². The van der Waals surface area contributed by atoms with Gasteiger partial charge in [-0.25, -0.2) is 4.98 Å². The molecule has 1 aromatic heterocycles. The van der Waals surface area contributed by atoms with Crippen LogP contribution in [0.5, 0.6) is 0 Å². The second-order valence-corrected chi connectivity index (χ2v) is 4.57. The van der Waals surface area contributed by atoms with Crippen LogP contribution in [0, 0.1) is 5.41 Å². The summed E-state index contributed by atoms with van der Waals surface area (Å²) in [5.74, 6) is 6.62. The summed E-state index contributed by atoms with van der Waals surface area (Å²) in [6.07, 6.45) is 4.98. The van der Waals surface area contributed by atoms with Crippen molar-refractivity contribution in [3.63, 3.8) is 0 Å². The summed E-state index contributed by atoms with van der Waals surface area (Å²) >= 11 is 0. The maximum absolute atomic E-state index is 5.60. The van der Waals surface area contributed by atoms with Crippen LogP contribution >= 0.6 is 0 Å². The molecule has 15 heavy (non-hydrogen) atoms. The molecule has 1 atom stereocenters. The predicted octanol–water partition coefficient (Wildman–Crippen LogP) is 0.472. The molecule has 0 aromatic carbocycles. The zero-order valence-electron chi connectivity index (χ0n) is 9.40. The van der Waals surface area contributed by atoms with E-state index >= 15 is 0 Å². The first-order valence-corrected chi connectivity index (χ1v) is 5.52. The number of nitrogens with two attached hydrogens (primary N) is 1. The van der Waals surface area contributed by atoms with Gasteiger partial charge in [-0.05, 0) is 25.2 Å². The summed E-state index contributed by atoms with van der Waals surface area (Å²) in [4.78, 5) is 4.27. The minimum atomic E-state index is 0.312. The molecule has 3 N–H and O–H groups in total. The van der Waals surface area contributed by atoms with Crippen molar-refractivity contribution < 1.29 is 0 Å². The molecule has 0 bridgehead atoms. The van der Waals surface area contributed by atoms with Crippen LogP contribution in [0.4, 0.5) is 0 Å². The monoisotopic (exact) mass is 209 g/mol. The molecule has 0 radical (unpaired) electrons. The third-order valence-electron chi connectivity index (χ3n) is 3.46. The highest BCUT2D eigenvalue weighted by molar-refractivity contribution is 5.02. The quantitative estimate of drug-likeness (QED) is 0.546. The average Bonchev–Trinajstić information content (AvgIpc) is 2.83. The Morgan fingerprint density at radius 1 is 1.67 bits per heavy atom. The van der Waals surface area contributed by atoms with E-state index in [1.165, 1.54) is 12.8 Å². The van der Waals surface area contributed by atoms with E-state index in [1.54, 1.807) is 6.33 Å².